The fraction of sp³-hybridized carbons (Fsp3) is 0.227. The fourth-order valence-corrected chi connectivity index (χ4v) is 3.70. The van der Waals surface area contributed by atoms with Gasteiger partial charge in [0.25, 0.3) is 0 Å². The molecule has 2 N–H and O–H groups in total. The van der Waals surface area contributed by atoms with Gasteiger partial charge in [0.1, 0.15) is 16.4 Å². The van der Waals surface area contributed by atoms with Crippen molar-refractivity contribution in [2.24, 2.45) is 0 Å². The Morgan fingerprint density at radius 2 is 1.53 bits per heavy atom. The number of pyridine rings is 1. The molecule has 0 fully saturated rings. The Morgan fingerprint density at radius 1 is 0.900 bits per heavy atom. The van der Waals surface area contributed by atoms with E-state index in [9.17, 15) is 8.42 Å². The van der Waals surface area contributed by atoms with Crippen molar-refractivity contribution in [1.29, 1.82) is 0 Å². The molecule has 1 heterocycles. The summed E-state index contributed by atoms with van der Waals surface area (Å²) >= 11 is 0. The molecular formula is C22H25IN2O4S. The number of nitrogens with two attached hydrogens (primary N) is 1. The minimum absolute atomic E-state index is 0. The lowest BCUT2D eigenvalue weighted by atomic mass is 10.2. The highest BCUT2D eigenvalue weighted by Crippen LogP contribution is 2.26. The topological polar surface area (TPSA) is 82.5 Å². The number of rotatable bonds is 8. The second-order valence-electron chi connectivity index (χ2n) is 6.90. The smallest absolute Gasteiger partial charge is 0.339 e. The Hall–Kier alpha value is -2.33. The molecule has 2 aromatic carbocycles. The summed E-state index contributed by atoms with van der Waals surface area (Å²) in [5, 5.41) is 0. The van der Waals surface area contributed by atoms with Gasteiger partial charge in [0, 0.05) is 30.3 Å². The van der Waals surface area contributed by atoms with Gasteiger partial charge in [-0.25, -0.2) is 4.57 Å². The summed E-state index contributed by atoms with van der Waals surface area (Å²) < 4.78 is 38.1. The van der Waals surface area contributed by atoms with Crippen molar-refractivity contribution < 1.29 is 45.9 Å². The zero-order valence-corrected chi connectivity index (χ0v) is 19.9. The van der Waals surface area contributed by atoms with Crippen molar-refractivity contribution in [2.45, 2.75) is 31.7 Å². The van der Waals surface area contributed by atoms with Gasteiger partial charge in [-0.1, -0.05) is 17.7 Å². The first-order valence-electron chi connectivity index (χ1n) is 9.32. The summed E-state index contributed by atoms with van der Waals surface area (Å²) in [5.74, 6) is 0.801. The first-order chi connectivity index (χ1) is 13.8. The zero-order chi connectivity index (χ0) is 20.9. The van der Waals surface area contributed by atoms with Crippen LogP contribution in [0.4, 0.5) is 5.69 Å². The van der Waals surface area contributed by atoms with E-state index in [1.54, 1.807) is 24.3 Å². The molecule has 0 unspecified atom stereocenters. The van der Waals surface area contributed by atoms with Gasteiger partial charge in [0.05, 0.1) is 6.61 Å². The quantitative estimate of drug-likeness (QED) is 0.194. The molecule has 3 rings (SSSR count). The molecule has 8 heteroatoms. The molecule has 0 aliphatic carbocycles. The molecule has 0 saturated carbocycles. The molecule has 0 aliphatic rings. The summed E-state index contributed by atoms with van der Waals surface area (Å²) in [4.78, 5) is 0.118. The largest absolute Gasteiger partial charge is 1.00 e. The van der Waals surface area contributed by atoms with Gasteiger partial charge >= 0.3 is 10.1 Å². The maximum Gasteiger partial charge on any atom is 0.339 e. The van der Waals surface area contributed by atoms with Crippen LogP contribution in [-0.2, 0) is 16.7 Å². The Bertz CT molecular complexity index is 1070. The second-order valence-corrected chi connectivity index (χ2v) is 8.45. The van der Waals surface area contributed by atoms with Crippen LogP contribution in [0.5, 0.6) is 11.5 Å². The molecule has 0 aliphatic heterocycles. The molecule has 1 aromatic heterocycles. The number of benzene rings is 2. The lowest BCUT2D eigenvalue weighted by Crippen LogP contribution is -3.00. The highest BCUT2D eigenvalue weighted by molar-refractivity contribution is 7.87. The molecule has 0 saturated heterocycles. The third-order valence-electron chi connectivity index (χ3n) is 4.29. The average molecular weight is 540 g/mol. The maximum absolute atomic E-state index is 12.5. The minimum atomic E-state index is -3.90. The fourth-order valence-electron chi connectivity index (χ4n) is 2.78. The number of ether oxygens (including phenoxy) is 1. The second kappa shape index (κ2) is 10.6. The highest BCUT2D eigenvalue weighted by Gasteiger charge is 2.17. The van der Waals surface area contributed by atoms with Gasteiger partial charge in [0.15, 0.2) is 18.9 Å². The van der Waals surface area contributed by atoms with E-state index in [1.807, 2.05) is 49.0 Å². The first-order valence-corrected chi connectivity index (χ1v) is 10.7. The molecular weight excluding hydrogens is 515 g/mol. The standard InChI is InChI=1S/C22H24N2O4S.HI/c1-17-4-6-22(7-5-17)29(25,26)28-21-15-18(2)14-20(16-21)27-13-3-10-24-11-8-19(23)9-12-24;/h4-9,11-12,14-16,23H,3,10,13H2,1-2H3;1H. The third kappa shape index (κ3) is 6.88. The number of nitrogens with zero attached hydrogens (tertiary/aromatic N) is 1. The maximum atomic E-state index is 12.5. The average Bonchev–Trinajstić information content (AvgIpc) is 2.66. The van der Waals surface area contributed by atoms with E-state index in [-0.39, 0.29) is 34.6 Å². The van der Waals surface area contributed by atoms with Crippen LogP contribution < -0.4 is 43.2 Å². The predicted molar refractivity (Wildman–Crippen MR) is 111 cm³/mol. The van der Waals surface area contributed by atoms with E-state index in [1.165, 1.54) is 12.1 Å². The van der Waals surface area contributed by atoms with E-state index in [4.69, 9.17) is 14.7 Å². The van der Waals surface area contributed by atoms with Crippen molar-refractivity contribution >= 4 is 15.8 Å². The first kappa shape index (κ1) is 23.9. The van der Waals surface area contributed by atoms with Crippen LogP contribution in [-0.4, -0.2) is 15.0 Å². The molecule has 0 radical (unpaired) electrons. The highest BCUT2D eigenvalue weighted by atomic mass is 127. The Balaban J connectivity index is 0.00000320. The molecule has 0 bridgehead atoms. The van der Waals surface area contributed by atoms with E-state index < -0.39 is 10.1 Å². The summed E-state index contributed by atoms with van der Waals surface area (Å²) in [6, 6.07) is 15.3. The molecule has 6 nitrogen and oxygen atoms in total. The molecule has 0 atom stereocenters. The van der Waals surface area contributed by atoms with Crippen molar-refractivity contribution in [1.82, 2.24) is 0 Å². The lowest BCUT2D eigenvalue weighted by molar-refractivity contribution is -0.697. The number of anilines is 1. The summed E-state index contributed by atoms with van der Waals surface area (Å²) in [7, 11) is -3.90. The van der Waals surface area contributed by atoms with E-state index in [2.05, 4.69) is 0 Å². The molecule has 160 valence electrons. The summed E-state index contributed by atoms with van der Waals surface area (Å²) in [5.41, 5.74) is 8.24. The number of hydrogen-bond donors (Lipinski definition) is 1. The molecule has 3 aromatic rings. The number of aromatic nitrogens is 1. The van der Waals surface area contributed by atoms with Crippen LogP contribution in [0.25, 0.3) is 0 Å². The van der Waals surface area contributed by atoms with Crippen molar-refractivity contribution in [3.8, 4) is 11.5 Å². The number of hydrogen-bond acceptors (Lipinski definition) is 5. The number of aryl methyl sites for hydroxylation is 3. The van der Waals surface area contributed by atoms with E-state index >= 15 is 0 Å². The van der Waals surface area contributed by atoms with Crippen LogP contribution in [0.3, 0.4) is 0 Å². The predicted octanol–water partition coefficient (Wildman–Crippen LogP) is 0.414. The summed E-state index contributed by atoms with van der Waals surface area (Å²) in [6.45, 7) is 5.04. The van der Waals surface area contributed by atoms with Crippen LogP contribution in [0.15, 0.2) is 71.9 Å². The van der Waals surface area contributed by atoms with Crippen LogP contribution >= 0.6 is 0 Å². The molecule has 30 heavy (non-hydrogen) atoms. The van der Waals surface area contributed by atoms with Crippen molar-refractivity contribution in [3.05, 3.63) is 78.1 Å². The van der Waals surface area contributed by atoms with Gasteiger partial charge < -0.3 is 38.6 Å². The Kier molecular flexibility index (Phi) is 8.48. The Labute approximate surface area is 194 Å². The van der Waals surface area contributed by atoms with Crippen LogP contribution in [0, 0.1) is 13.8 Å². The zero-order valence-electron chi connectivity index (χ0n) is 16.9. The number of halogens is 1. The summed E-state index contributed by atoms with van der Waals surface area (Å²) in [6.07, 6.45) is 4.63. The van der Waals surface area contributed by atoms with Crippen LogP contribution in [0.2, 0.25) is 0 Å². The molecule has 0 amide bonds. The van der Waals surface area contributed by atoms with E-state index in [0.29, 0.717) is 12.4 Å². The SMILES string of the molecule is Cc1ccc(S(=O)(=O)Oc2cc(C)cc(OCCC[n+]3ccc(N)cc3)c2)cc1.[I-]. The van der Waals surface area contributed by atoms with Gasteiger partial charge in [-0.2, -0.15) is 8.42 Å². The van der Waals surface area contributed by atoms with Gasteiger partial charge in [-0.05, 0) is 43.7 Å². The van der Waals surface area contributed by atoms with Crippen molar-refractivity contribution in [3.63, 3.8) is 0 Å². The molecule has 0 spiro atoms. The van der Waals surface area contributed by atoms with Gasteiger partial charge in [0.2, 0.25) is 0 Å². The van der Waals surface area contributed by atoms with Gasteiger partial charge in [-0.3, -0.25) is 0 Å². The number of nitrogen functional groups attached to an aromatic ring is 1. The third-order valence-corrected chi connectivity index (χ3v) is 5.55. The van der Waals surface area contributed by atoms with Crippen molar-refractivity contribution in [2.75, 3.05) is 12.3 Å². The lowest BCUT2D eigenvalue weighted by Gasteiger charge is -2.11. The van der Waals surface area contributed by atoms with E-state index in [0.717, 1.165) is 29.8 Å². The minimum Gasteiger partial charge on any atom is -1.00 e. The van der Waals surface area contributed by atoms with Crippen LogP contribution in [0.1, 0.15) is 17.5 Å². The Morgan fingerprint density at radius 3 is 2.20 bits per heavy atom. The monoisotopic (exact) mass is 540 g/mol. The normalized spacial score (nSPS) is 10.9. The van der Waals surface area contributed by atoms with Gasteiger partial charge in [-0.15, -0.1) is 0 Å².